The Labute approximate surface area is 131 Å². The van der Waals surface area contributed by atoms with E-state index < -0.39 is 5.97 Å². The summed E-state index contributed by atoms with van der Waals surface area (Å²) in [6.45, 7) is -0.104. The zero-order chi connectivity index (χ0) is 16.4. The lowest BCUT2D eigenvalue weighted by Gasteiger charge is -2.13. The molecule has 7 heteroatoms. The monoisotopic (exact) mass is 312 g/mol. The number of imide groups is 1. The van der Waals surface area contributed by atoms with E-state index in [1.165, 1.54) is 6.07 Å². The van der Waals surface area contributed by atoms with E-state index in [1.54, 1.807) is 36.5 Å². The first-order valence-corrected chi connectivity index (χ1v) is 6.98. The molecule has 3 N–H and O–H groups in total. The van der Waals surface area contributed by atoms with Crippen molar-refractivity contribution in [3.8, 4) is 0 Å². The Morgan fingerprint density at radius 2 is 1.74 bits per heavy atom. The smallest absolute Gasteiger partial charge is 0.346 e. The highest BCUT2D eigenvalue weighted by atomic mass is 16.5. The van der Waals surface area contributed by atoms with E-state index in [2.05, 4.69) is 4.98 Å². The molecule has 0 saturated carbocycles. The Hall–Kier alpha value is -3.22. The predicted octanol–water partition coefficient (Wildman–Crippen LogP) is 0.536. The fourth-order valence-electron chi connectivity index (χ4n) is 2.38. The number of nitrogens with zero attached hydrogens (tertiary/aromatic N) is 1. The molecule has 0 bridgehead atoms. The zero-order valence-electron chi connectivity index (χ0n) is 12.1. The van der Waals surface area contributed by atoms with Gasteiger partial charge in [0.15, 0.2) is 0 Å². The Kier molecular flexibility index (Phi) is 3.76. The maximum absolute atomic E-state index is 12.1. The van der Waals surface area contributed by atoms with E-state index in [0.29, 0.717) is 11.1 Å². The van der Waals surface area contributed by atoms with Crippen LogP contribution in [0.4, 0.5) is 5.82 Å². The fraction of sp³-hybridized carbons (Fsp3) is 0.125. The van der Waals surface area contributed by atoms with E-state index in [0.717, 1.165) is 4.90 Å². The normalized spacial score (nSPS) is 13.1. The predicted molar refractivity (Wildman–Crippen MR) is 79.5 cm³/mol. The van der Waals surface area contributed by atoms with Crippen molar-refractivity contribution in [2.75, 3.05) is 18.9 Å². The second kappa shape index (κ2) is 5.88. The van der Waals surface area contributed by atoms with Crippen LogP contribution in [-0.2, 0) is 4.74 Å². The quantitative estimate of drug-likeness (QED) is 0.655. The Balaban J connectivity index is 1.62. The topological polar surface area (TPSA) is 104 Å². The summed E-state index contributed by atoms with van der Waals surface area (Å²) >= 11 is 0. The number of benzene rings is 1. The first kappa shape index (κ1) is 14.7. The van der Waals surface area contributed by atoms with Crippen molar-refractivity contribution in [3.63, 3.8) is 0 Å². The number of hydrogen-bond donors (Lipinski definition) is 1. The van der Waals surface area contributed by atoms with Gasteiger partial charge < -0.3 is 4.74 Å². The molecule has 0 saturated heterocycles. The fourth-order valence-corrected chi connectivity index (χ4v) is 2.38. The molecule has 116 valence electrons. The van der Waals surface area contributed by atoms with Crippen molar-refractivity contribution < 1.29 is 24.1 Å². The van der Waals surface area contributed by atoms with Crippen molar-refractivity contribution >= 4 is 23.6 Å². The molecule has 1 aromatic heterocycles. The lowest BCUT2D eigenvalue weighted by molar-refractivity contribution is -0.360. The number of carbonyl (C=O) groups excluding carboxylic acids is 3. The van der Waals surface area contributed by atoms with Crippen LogP contribution in [0.3, 0.4) is 0 Å². The number of nitrogen functional groups attached to an aromatic ring is 1. The minimum atomic E-state index is -0.615. The first-order valence-electron chi connectivity index (χ1n) is 6.98. The SMILES string of the molecule is Nc1[nH+]cccc1C(=O)OCCN1C(=O)c2ccccc2C1=O. The zero-order valence-corrected chi connectivity index (χ0v) is 12.1. The number of amides is 2. The third kappa shape index (κ3) is 2.64. The van der Waals surface area contributed by atoms with Crippen molar-refractivity contribution in [1.29, 1.82) is 0 Å². The number of anilines is 1. The summed E-state index contributed by atoms with van der Waals surface area (Å²) in [5.74, 6) is -1.18. The summed E-state index contributed by atoms with van der Waals surface area (Å²) in [4.78, 5) is 40.0. The Bertz CT molecular complexity index is 768. The number of nitrogens with two attached hydrogens (primary N) is 1. The molecule has 0 fully saturated rings. The Morgan fingerprint density at radius 3 is 2.35 bits per heavy atom. The highest BCUT2D eigenvalue weighted by Crippen LogP contribution is 2.22. The van der Waals surface area contributed by atoms with Gasteiger partial charge in [-0.25, -0.2) is 9.78 Å². The number of H-pyrrole nitrogens is 1. The number of pyridine rings is 1. The third-order valence-electron chi connectivity index (χ3n) is 3.53. The molecule has 1 aromatic carbocycles. The molecular weight excluding hydrogens is 298 g/mol. The second-order valence-corrected chi connectivity index (χ2v) is 4.94. The van der Waals surface area contributed by atoms with Crippen LogP contribution in [0, 0.1) is 0 Å². The number of fused-ring (bicyclic) bond motifs is 1. The van der Waals surface area contributed by atoms with Crippen molar-refractivity contribution in [1.82, 2.24) is 4.90 Å². The van der Waals surface area contributed by atoms with Crippen LogP contribution in [0.15, 0.2) is 42.6 Å². The van der Waals surface area contributed by atoms with Gasteiger partial charge in [0, 0.05) is 0 Å². The van der Waals surface area contributed by atoms with Gasteiger partial charge in [-0.3, -0.25) is 20.2 Å². The van der Waals surface area contributed by atoms with Gasteiger partial charge in [-0.15, -0.1) is 0 Å². The molecule has 23 heavy (non-hydrogen) atoms. The third-order valence-corrected chi connectivity index (χ3v) is 3.53. The van der Waals surface area contributed by atoms with Crippen LogP contribution in [0.1, 0.15) is 31.1 Å². The number of aromatic amines is 1. The van der Waals surface area contributed by atoms with Gasteiger partial charge in [-0.1, -0.05) is 12.1 Å². The Morgan fingerprint density at radius 1 is 1.09 bits per heavy atom. The van der Waals surface area contributed by atoms with Gasteiger partial charge in [-0.05, 0) is 24.3 Å². The van der Waals surface area contributed by atoms with Crippen molar-refractivity contribution in [2.45, 2.75) is 0 Å². The highest BCUT2D eigenvalue weighted by molar-refractivity contribution is 6.21. The maximum Gasteiger partial charge on any atom is 0.346 e. The molecule has 2 heterocycles. The molecule has 2 aromatic rings. The van der Waals surface area contributed by atoms with Gasteiger partial charge in [0.2, 0.25) is 0 Å². The molecule has 7 nitrogen and oxygen atoms in total. The van der Waals surface area contributed by atoms with E-state index >= 15 is 0 Å². The summed E-state index contributed by atoms with van der Waals surface area (Å²) < 4.78 is 5.08. The number of esters is 1. The summed E-state index contributed by atoms with van der Waals surface area (Å²) in [5.41, 5.74) is 6.58. The van der Waals surface area contributed by atoms with Crippen LogP contribution in [0.5, 0.6) is 0 Å². The lowest BCUT2D eigenvalue weighted by atomic mass is 10.1. The number of rotatable bonds is 4. The second-order valence-electron chi connectivity index (χ2n) is 4.94. The van der Waals surface area contributed by atoms with Crippen molar-refractivity contribution in [2.24, 2.45) is 0 Å². The maximum atomic E-state index is 12.1. The average molecular weight is 312 g/mol. The molecule has 0 aliphatic carbocycles. The van der Waals surface area contributed by atoms with Gasteiger partial charge in [0.05, 0.1) is 23.9 Å². The standard InChI is InChI=1S/C16H13N3O4/c17-13-12(6-3-7-18-13)16(22)23-9-8-19-14(20)10-4-1-2-5-11(10)15(19)21/h1-7H,8-9H2,(H2,17,18)/p+1. The summed E-state index contributed by atoms with van der Waals surface area (Å²) in [6.07, 6.45) is 1.59. The molecule has 0 radical (unpaired) electrons. The van der Waals surface area contributed by atoms with Crippen LogP contribution in [0.2, 0.25) is 0 Å². The molecule has 0 atom stereocenters. The van der Waals surface area contributed by atoms with Crippen LogP contribution in [-0.4, -0.2) is 35.8 Å². The molecular formula is C16H14N3O4+. The van der Waals surface area contributed by atoms with Gasteiger partial charge in [-0.2, -0.15) is 0 Å². The average Bonchev–Trinajstić information content (AvgIpc) is 2.80. The summed E-state index contributed by atoms with van der Waals surface area (Å²) in [7, 11) is 0. The molecule has 0 unspecified atom stereocenters. The number of ether oxygens (including phenoxy) is 1. The van der Waals surface area contributed by atoms with E-state index in [4.69, 9.17) is 10.5 Å². The van der Waals surface area contributed by atoms with E-state index in [-0.39, 0.29) is 36.3 Å². The minimum absolute atomic E-state index is 0.00542. The van der Waals surface area contributed by atoms with Gasteiger partial charge in [0.25, 0.3) is 17.6 Å². The largest absolute Gasteiger partial charge is 0.460 e. The molecule has 1 aliphatic rings. The number of nitrogens with one attached hydrogen (secondary N) is 1. The van der Waals surface area contributed by atoms with E-state index in [9.17, 15) is 14.4 Å². The van der Waals surface area contributed by atoms with Crippen LogP contribution in [0.25, 0.3) is 0 Å². The number of aromatic nitrogens is 1. The summed E-state index contributed by atoms with van der Waals surface area (Å²) in [5, 5.41) is 0. The van der Waals surface area contributed by atoms with Gasteiger partial charge >= 0.3 is 5.97 Å². The number of hydrogen-bond acceptors (Lipinski definition) is 5. The van der Waals surface area contributed by atoms with Crippen LogP contribution >= 0.6 is 0 Å². The molecule has 1 aliphatic heterocycles. The lowest BCUT2D eigenvalue weighted by Crippen LogP contribution is -2.33. The minimum Gasteiger partial charge on any atom is -0.460 e. The van der Waals surface area contributed by atoms with E-state index in [1.807, 2.05) is 0 Å². The first-order chi connectivity index (χ1) is 11.1. The van der Waals surface area contributed by atoms with Crippen LogP contribution < -0.4 is 10.7 Å². The van der Waals surface area contributed by atoms with Gasteiger partial charge in [0.1, 0.15) is 12.2 Å². The molecule has 2 amide bonds. The van der Waals surface area contributed by atoms with Crippen molar-refractivity contribution in [3.05, 3.63) is 59.3 Å². The number of carbonyl (C=O) groups is 3. The summed E-state index contributed by atoms with van der Waals surface area (Å²) in [6, 6.07) is 9.74. The molecule has 3 rings (SSSR count). The highest BCUT2D eigenvalue weighted by Gasteiger charge is 2.34. The molecule has 0 spiro atoms.